The maximum atomic E-state index is 13.4. The summed E-state index contributed by atoms with van der Waals surface area (Å²) in [5.74, 6) is -5.60. The summed E-state index contributed by atoms with van der Waals surface area (Å²) in [5, 5.41) is 12.2. The van der Waals surface area contributed by atoms with Crippen LogP contribution in [-0.4, -0.2) is 62.8 Å². The van der Waals surface area contributed by atoms with Crippen LogP contribution in [0.25, 0.3) is 0 Å². The number of benzene rings is 2. The molecular formula is C20H21F3N2O6S. The molecule has 1 aliphatic heterocycles. The highest BCUT2D eigenvalue weighted by molar-refractivity contribution is 7.89. The number of methoxy groups -OCH3 is 1. The molecule has 2 aromatic carbocycles. The second-order valence-electron chi connectivity index (χ2n) is 7.19. The van der Waals surface area contributed by atoms with Crippen molar-refractivity contribution in [2.45, 2.75) is 24.0 Å². The molecule has 2 N–H and O–H groups in total. The van der Waals surface area contributed by atoms with Crippen LogP contribution in [0.3, 0.4) is 0 Å². The van der Waals surface area contributed by atoms with Crippen LogP contribution in [0.2, 0.25) is 0 Å². The number of amides is 1. The van der Waals surface area contributed by atoms with Crippen LogP contribution >= 0.6 is 0 Å². The van der Waals surface area contributed by atoms with Crippen molar-refractivity contribution in [3.8, 4) is 5.75 Å². The molecule has 1 heterocycles. The van der Waals surface area contributed by atoms with Gasteiger partial charge in [0.1, 0.15) is 10.6 Å². The van der Waals surface area contributed by atoms with Crippen molar-refractivity contribution >= 4 is 21.6 Å². The largest absolute Gasteiger partial charge is 0.495 e. The predicted octanol–water partition coefficient (Wildman–Crippen LogP) is 2.14. The lowest BCUT2D eigenvalue weighted by molar-refractivity contribution is 0.0216. The van der Waals surface area contributed by atoms with Gasteiger partial charge < -0.3 is 19.9 Å². The van der Waals surface area contributed by atoms with E-state index in [4.69, 9.17) is 9.47 Å². The third kappa shape index (κ3) is 5.04. The Hall–Kier alpha value is -2.67. The van der Waals surface area contributed by atoms with E-state index in [1.54, 1.807) is 6.92 Å². The minimum atomic E-state index is -4.22. The lowest BCUT2D eigenvalue weighted by Crippen LogP contribution is -2.39. The van der Waals surface area contributed by atoms with Crippen molar-refractivity contribution < 1.29 is 41.0 Å². The molecule has 0 aromatic heterocycles. The molecule has 0 radical (unpaired) electrons. The summed E-state index contributed by atoms with van der Waals surface area (Å²) in [6, 6.07) is 4.74. The summed E-state index contributed by atoms with van der Waals surface area (Å²) in [4.78, 5) is 12.2. The lowest BCUT2D eigenvalue weighted by Gasteiger charge is -2.23. The van der Waals surface area contributed by atoms with E-state index in [0.29, 0.717) is 12.1 Å². The zero-order valence-corrected chi connectivity index (χ0v) is 18.0. The fraction of sp³-hybridized carbons (Fsp3) is 0.350. The molecular weight excluding hydrogens is 453 g/mol. The van der Waals surface area contributed by atoms with Gasteiger partial charge in [-0.1, -0.05) is 0 Å². The van der Waals surface area contributed by atoms with Gasteiger partial charge in [-0.15, -0.1) is 0 Å². The van der Waals surface area contributed by atoms with Gasteiger partial charge in [0.15, 0.2) is 17.5 Å². The zero-order chi connectivity index (χ0) is 23.6. The Bertz CT molecular complexity index is 1090. The molecule has 2 atom stereocenters. The first-order valence-corrected chi connectivity index (χ1v) is 10.9. The van der Waals surface area contributed by atoms with Crippen LogP contribution in [0.1, 0.15) is 17.3 Å². The number of β-amino-alcohol motifs (C(OH)–C–C–N with tert-alkyl or cyclic N) is 1. The summed E-state index contributed by atoms with van der Waals surface area (Å²) in [7, 11) is -2.97. The van der Waals surface area contributed by atoms with E-state index in [-0.39, 0.29) is 41.6 Å². The minimum Gasteiger partial charge on any atom is -0.495 e. The Morgan fingerprint density at radius 1 is 1.19 bits per heavy atom. The minimum absolute atomic E-state index is 0.0302. The average Bonchev–Trinajstić information content (AvgIpc) is 2.92. The first kappa shape index (κ1) is 24.0. The summed E-state index contributed by atoms with van der Waals surface area (Å²) in [6.45, 7) is 1.37. The number of anilines is 1. The topological polar surface area (TPSA) is 105 Å². The molecule has 12 heteroatoms. The van der Waals surface area contributed by atoms with Crippen LogP contribution in [0, 0.1) is 17.5 Å². The number of rotatable bonds is 5. The number of sulfonamides is 1. The van der Waals surface area contributed by atoms with Crippen LogP contribution in [0.5, 0.6) is 5.75 Å². The Balaban J connectivity index is 1.95. The van der Waals surface area contributed by atoms with E-state index < -0.39 is 45.6 Å². The number of carbonyl (C=O) groups excluding carboxylic acids is 1. The van der Waals surface area contributed by atoms with Crippen LogP contribution in [0.4, 0.5) is 18.9 Å². The quantitative estimate of drug-likeness (QED) is 0.644. The molecule has 32 heavy (non-hydrogen) atoms. The van der Waals surface area contributed by atoms with Crippen molar-refractivity contribution in [3.05, 3.63) is 53.3 Å². The number of halogens is 3. The summed E-state index contributed by atoms with van der Waals surface area (Å²) >= 11 is 0. The normalized spacial score (nSPS) is 19.9. The number of hydrogen-bond donors (Lipinski definition) is 2. The first-order chi connectivity index (χ1) is 15.0. The van der Waals surface area contributed by atoms with E-state index in [0.717, 1.165) is 10.4 Å². The van der Waals surface area contributed by atoms with Gasteiger partial charge in [-0.2, -0.15) is 4.31 Å². The summed E-state index contributed by atoms with van der Waals surface area (Å²) in [5.41, 5.74) is -0.512. The fourth-order valence-corrected chi connectivity index (χ4v) is 4.90. The molecule has 2 unspecified atom stereocenters. The van der Waals surface area contributed by atoms with Gasteiger partial charge in [-0.25, -0.2) is 21.6 Å². The van der Waals surface area contributed by atoms with Gasteiger partial charge in [-0.05, 0) is 25.1 Å². The van der Waals surface area contributed by atoms with Crippen molar-refractivity contribution in [1.82, 2.24) is 4.31 Å². The molecule has 0 aliphatic carbocycles. The monoisotopic (exact) mass is 474 g/mol. The van der Waals surface area contributed by atoms with E-state index in [2.05, 4.69) is 5.32 Å². The van der Waals surface area contributed by atoms with E-state index in [1.165, 1.54) is 19.2 Å². The Kier molecular flexibility index (Phi) is 7.08. The Labute approximate surface area is 182 Å². The third-order valence-electron chi connectivity index (χ3n) is 4.73. The average molecular weight is 474 g/mol. The second-order valence-corrected chi connectivity index (χ2v) is 9.10. The standard InChI is InChI=1S/C20H21F3N2O6S/c1-11-8-25(9-14(26)10-31-11)32(28,29)18-5-12(3-4-17(18)30-2)20(27)24-13-6-15(21)19(23)16(22)7-13/h3-7,11,14,26H,8-10H2,1-2H3,(H,24,27). The number of carbonyl (C=O) groups is 1. The first-order valence-electron chi connectivity index (χ1n) is 9.46. The molecule has 0 spiro atoms. The molecule has 8 nitrogen and oxygen atoms in total. The number of hydrogen-bond acceptors (Lipinski definition) is 6. The maximum Gasteiger partial charge on any atom is 0.255 e. The van der Waals surface area contributed by atoms with E-state index in [9.17, 15) is 31.5 Å². The molecule has 1 amide bonds. The number of nitrogens with one attached hydrogen (secondary N) is 1. The Morgan fingerprint density at radius 2 is 1.84 bits per heavy atom. The maximum absolute atomic E-state index is 13.4. The van der Waals surface area contributed by atoms with Crippen molar-refractivity contribution in [2.24, 2.45) is 0 Å². The third-order valence-corrected chi connectivity index (χ3v) is 6.59. The van der Waals surface area contributed by atoms with Crippen LogP contribution in [-0.2, 0) is 14.8 Å². The number of nitrogens with zero attached hydrogens (tertiary/aromatic N) is 1. The predicted molar refractivity (Wildman–Crippen MR) is 107 cm³/mol. The van der Waals surface area contributed by atoms with Crippen molar-refractivity contribution in [2.75, 3.05) is 32.1 Å². The van der Waals surface area contributed by atoms with Crippen LogP contribution < -0.4 is 10.1 Å². The highest BCUT2D eigenvalue weighted by Crippen LogP contribution is 2.29. The molecule has 1 saturated heterocycles. The number of ether oxygens (including phenoxy) is 2. The van der Waals surface area contributed by atoms with Crippen molar-refractivity contribution in [3.63, 3.8) is 0 Å². The van der Waals surface area contributed by atoms with Gasteiger partial charge in [0.05, 0.1) is 25.9 Å². The zero-order valence-electron chi connectivity index (χ0n) is 17.1. The fourth-order valence-electron chi connectivity index (χ4n) is 3.16. The highest BCUT2D eigenvalue weighted by atomic mass is 32.2. The molecule has 0 saturated carbocycles. The van der Waals surface area contributed by atoms with Gasteiger partial charge in [0, 0.05) is 36.5 Å². The Morgan fingerprint density at radius 3 is 2.47 bits per heavy atom. The number of aliphatic hydroxyl groups excluding tert-OH is 1. The second kappa shape index (κ2) is 9.45. The smallest absolute Gasteiger partial charge is 0.255 e. The van der Waals surface area contributed by atoms with Gasteiger partial charge >= 0.3 is 0 Å². The van der Waals surface area contributed by atoms with Gasteiger partial charge in [0.25, 0.3) is 5.91 Å². The highest BCUT2D eigenvalue weighted by Gasteiger charge is 2.33. The van der Waals surface area contributed by atoms with E-state index >= 15 is 0 Å². The van der Waals surface area contributed by atoms with Gasteiger partial charge in [-0.3, -0.25) is 4.79 Å². The molecule has 1 aliphatic rings. The molecule has 0 bridgehead atoms. The SMILES string of the molecule is COc1ccc(C(=O)Nc2cc(F)c(F)c(F)c2)cc1S(=O)(=O)N1CC(O)COC(C)C1. The van der Waals surface area contributed by atoms with Crippen molar-refractivity contribution in [1.29, 1.82) is 0 Å². The molecule has 1 fully saturated rings. The van der Waals surface area contributed by atoms with Crippen LogP contribution in [0.15, 0.2) is 35.2 Å². The lowest BCUT2D eigenvalue weighted by atomic mass is 10.2. The van der Waals surface area contributed by atoms with E-state index in [1.807, 2.05) is 0 Å². The molecule has 2 aromatic rings. The summed E-state index contributed by atoms with van der Waals surface area (Å²) in [6.07, 6.45) is -1.53. The molecule has 3 rings (SSSR count). The number of aliphatic hydroxyl groups is 1. The molecule has 174 valence electrons. The van der Waals surface area contributed by atoms with Gasteiger partial charge in [0.2, 0.25) is 10.0 Å². The summed E-state index contributed by atoms with van der Waals surface area (Å²) < 4.78 is 78.0.